The van der Waals surface area contributed by atoms with Gasteiger partial charge in [-0.2, -0.15) is 0 Å². The number of amides is 1. The summed E-state index contributed by atoms with van der Waals surface area (Å²) >= 11 is 0. The molecule has 2 N–H and O–H groups in total. The van der Waals surface area contributed by atoms with Gasteiger partial charge < -0.3 is 15.5 Å². The molecule has 0 bridgehead atoms. The summed E-state index contributed by atoms with van der Waals surface area (Å²) in [5.74, 6) is 1.23. The van der Waals surface area contributed by atoms with Crippen LogP contribution in [0.3, 0.4) is 0 Å². The number of carbonyl (C=O) groups is 1. The molecule has 1 aromatic carbocycles. The van der Waals surface area contributed by atoms with Crippen molar-refractivity contribution < 1.29 is 13.2 Å². The summed E-state index contributed by atoms with van der Waals surface area (Å²) in [6, 6.07) is 7.03. The fourth-order valence-corrected chi connectivity index (χ4v) is 4.57. The summed E-state index contributed by atoms with van der Waals surface area (Å²) < 4.78 is 23.1. The summed E-state index contributed by atoms with van der Waals surface area (Å²) in [4.78, 5) is 19.1. The molecular weight excluding hydrogens is 376 g/mol. The molecule has 1 heterocycles. The predicted molar refractivity (Wildman–Crippen MR) is 110 cm³/mol. The Labute approximate surface area is 167 Å². The Morgan fingerprint density at radius 3 is 2.46 bits per heavy atom. The molecule has 3 rings (SSSR count). The molecule has 1 aliphatic carbocycles. The van der Waals surface area contributed by atoms with Crippen molar-refractivity contribution in [3.05, 3.63) is 29.8 Å². The maximum atomic E-state index is 12.6. The smallest absolute Gasteiger partial charge is 0.225 e. The number of guanidine groups is 1. The van der Waals surface area contributed by atoms with Crippen LogP contribution in [-0.4, -0.2) is 57.6 Å². The van der Waals surface area contributed by atoms with E-state index in [-0.39, 0.29) is 12.0 Å². The summed E-state index contributed by atoms with van der Waals surface area (Å²) in [5, 5.41) is 6.65. The lowest BCUT2D eigenvalue weighted by Crippen LogP contribution is -2.45. The molecule has 154 valence electrons. The number of nitrogens with one attached hydrogen (secondary N) is 2. The minimum atomic E-state index is -3.18. The van der Waals surface area contributed by atoms with E-state index in [0.29, 0.717) is 23.3 Å². The van der Waals surface area contributed by atoms with Crippen LogP contribution in [0.1, 0.15) is 37.7 Å². The van der Waals surface area contributed by atoms with Gasteiger partial charge in [-0.25, -0.2) is 8.42 Å². The summed E-state index contributed by atoms with van der Waals surface area (Å²) in [5.41, 5.74) is 0.972. The zero-order chi connectivity index (χ0) is 20.1. The van der Waals surface area contributed by atoms with Gasteiger partial charge in [-0.05, 0) is 37.0 Å². The van der Waals surface area contributed by atoms with Gasteiger partial charge in [0.1, 0.15) is 0 Å². The first-order chi connectivity index (χ1) is 13.4. The molecule has 8 heteroatoms. The van der Waals surface area contributed by atoms with Gasteiger partial charge in [-0.1, -0.05) is 25.0 Å². The van der Waals surface area contributed by atoms with Gasteiger partial charge in [0, 0.05) is 44.9 Å². The van der Waals surface area contributed by atoms with Gasteiger partial charge >= 0.3 is 0 Å². The molecule has 0 radical (unpaired) electrons. The van der Waals surface area contributed by atoms with Crippen LogP contribution in [0.5, 0.6) is 0 Å². The summed E-state index contributed by atoms with van der Waals surface area (Å²) in [7, 11) is -1.46. The first kappa shape index (κ1) is 20.6. The van der Waals surface area contributed by atoms with Crippen molar-refractivity contribution >= 4 is 21.7 Å². The van der Waals surface area contributed by atoms with Crippen LogP contribution < -0.4 is 10.6 Å². The number of nitrogens with zero attached hydrogens (tertiary/aromatic N) is 2. The van der Waals surface area contributed by atoms with Crippen molar-refractivity contribution in [3.8, 4) is 0 Å². The van der Waals surface area contributed by atoms with E-state index in [2.05, 4.69) is 15.6 Å². The fourth-order valence-electron chi connectivity index (χ4n) is 3.94. The Bertz CT molecular complexity index is 814. The molecule has 1 unspecified atom stereocenters. The number of benzene rings is 1. The number of carbonyl (C=O) groups excluding carboxylic acids is 1. The highest BCUT2D eigenvalue weighted by Crippen LogP contribution is 2.27. The molecule has 2 fully saturated rings. The van der Waals surface area contributed by atoms with Gasteiger partial charge in [0.2, 0.25) is 5.91 Å². The maximum Gasteiger partial charge on any atom is 0.225 e. The first-order valence-electron chi connectivity index (χ1n) is 9.92. The molecule has 1 saturated carbocycles. The second kappa shape index (κ2) is 8.94. The van der Waals surface area contributed by atoms with Crippen LogP contribution in [-0.2, 0) is 21.2 Å². The third kappa shape index (κ3) is 5.25. The molecule has 7 nitrogen and oxygen atoms in total. The van der Waals surface area contributed by atoms with Crippen LogP contribution in [0.4, 0.5) is 0 Å². The van der Waals surface area contributed by atoms with E-state index in [1.807, 2.05) is 4.90 Å². The highest BCUT2D eigenvalue weighted by Gasteiger charge is 2.32. The van der Waals surface area contributed by atoms with E-state index in [1.54, 1.807) is 31.3 Å². The van der Waals surface area contributed by atoms with E-state index < -0.39 is 9.84 Å². The normalized spacial score (nSPS) is 21.1. The summed E-state index contributed by atoms with van der Waals surface area (Å²) in [6.07, 6.45) is 6.54. The van der Waals surface area contributed by atoms with Gasteiger partial charge in [0.15, 0.2) is 15.8 Å². The van der Waals surface area contributed by atoms with Gasteiger partial charge in [0.05, 0.1) is 4.90 Å². The Hall–Kier alpha value is -2.09. The topological polar surface area (TPSA) is 90.9 Å². The van der Waals surface area contributed by atoms with Crippen molar-refractivity contribution in [1.29, 1.82) is 0 Å². The lowest BCUT2D eigenvalue weighted by molar-refractivity contribution is -0.134. The average molecular weight is 407 g/mol. The number of likely N-dealkylation sites (tertiary alicyclic amines) is 1. The minimum absolute atomic E-state index is 0.198. The highest BCUT2D eigenvalue weighted by atomic mass is 32.2. The molecule has 1 amide bonds. The quantitative estimate of drug-likeness (QED) is 0.572. The Morgan fingerprint density at radius 2 is 1.86 bits per heavy atom. The van der Waals surface area contributed by atoms with Crippen molar-refractivity contribution in [3.63, 3.8) is 0 Å². The van der Waals surface area contributed by atoms with Crippen molar-refractivity contribution in [2.75, 3.05) is 26.4 Å². The van der Waals surface area contributed by atoms with Crippen LogP contribution in [0.25, 0.3) is 0 Å². The molecule has 1 aromatic rings. The van der Waals surface area contributed by atoms with E-state index in [4.69, 9.17) is 0 Å². The molecule has 1 aliphatic heterocycles. The Balaban J connectivity index is 1.48. The molecule has 28 heavy (non-hydrogen) atoms. The Morgan fingerprint density at radius 1 is 1.18 bits per heavy atom. The van der Waals surface area contributed by atoms with Gasteiger partial charge in [-0.15, -0.1) is 0 Å². The monoisotopic (exact) mass is 406 g/mol. The van der Waals surface area contributed by atoms with E-state index in [9.17, 15) is 13.2 Å². The second-order valence-electron chi connectivity index (χ2n) is 7.74. The number of hydrogen-bond donors (Lipinski definition) is 2. The standard InChI is InChI=1S/C20H30N4O3S/c1-21-20(22-13-15-7-9-18(10-8-15)28(2,26)27)23-17-11-12-24(14-17)19(25)16-5-3-4-6-16/h7-10,16-17H,3-6,11-14H2,1-2H3,(H2,21,22,23). The van der Waals surface area contributed by atoms with Crippen molar-refractivity contribution in [2.24, 2.45) is 10.9 Å². The molecule has 1 saturated heterocycles. The molecule has 0 spiro atoms. The van der Waals surface area contributed by atoms with E-state index >= 15 is 0 Å². The first-order valence-corrected chi connectivity index (χ1v) is 11.8. The van der Waals surface area contributed by atoms with E-state index in [1.165, 1.54) is 19.1 Å². The molecular formula is C20H30N4O3S. The van der Waals surface area contributed by atoms with Crippen molar-refractivity contribution in [2.45, 2.75) is 49.6 Å². The SMILES string of the molecule is CN=C(NCc1ccc(S(C)(=O)=O)cc1)NC1CCN(C(=O)C2CCCC2)C1. The number of aliphatic imine (C=N–C) groups is 1. The van der Waals surface area contributed by atoms with Crippen LogP contribution in [0, 0.1) is 5.92 Å². The average Bonchev–Trinajstić information content (AvgIpc) is 3.36. The highest BCUT2D eigenvalue weighted by molar-refractivity contribution is 7.90. The van der Waals surface area contributed by atoms with Gasteiger partial charge in [0.25, 0.3) is 0 Å². The van der Waals surface area contributed by atoms with Crippen LogP contribution >= 0.6 is 0 Å². The van der Waals surface area contributed by atoms with Crippen LogP contribution in [0.15, 0.2) is 34.2 Å². The maximum absolute atomic E-state index is 12.6. The molecule has 0 aromatic heterocycles. The zero-order valence-corrected chi connectivity index (χ0v) is 17.5. The lowest BCUT2D eigenvalue weighted by atomic mass is 10.1. The van der Waals surface area contributed by atoms with Gasteiger partial charge in [-0.3, -0.25) is 9.79 Å². The second-order valence-corrected chi connectivity index (χ2v) is 9.75. The lowest BCUT2D eigenvalue weighted by Gasteiger charge is -2.21. The van der Waals surface area contributed by atoms with Crippen LogP contribution in [0.2, 0.25) is 0 Å². The van der Waals surface area contributed by atoms with Crippen molar-refractivity contribution in [1.82, 2.24) is 15.5 Å². The number of rotatable bonds is 5. The largest absolute Gasteiger partial charge is 0.352 e. The minimum Gasteiger partial charge on any atom is -0.352 e. The third-order valence-electron chi connectivity index (χ3n) is 5.58. The summed E-state index contributed by atoms with van der Waals surface area (Å²) in [6.45, 7) is 2.07. The predicted octanol–water partition coefficient (Wildman–Crippen LogP) is 1.55. The molecule has 1 atom stereocenters. The number of sulfone groups is 1. The molecule has 2 aliphatic rings. The Kier molecular flexibility index (Phi) is 6.59. The number of hydrogen-bond acceptors (Lipinski definition) is 4. The van der Waals surface area contributed by atoms with E-state index in [0.717, 1.165) is 37.9 Å². The third-order valence-corrected chi connectivity index (χ3v) is 6.71. The zero-order valence-electron chi connectivity index (χ0n) is 16.6. The fraction of sp³-hybridized carbons (Fsp3) is 0.600.